The van der Waals surface area contributed by atoms with Gasteiger partial charge in [-0.3, -0.25) is 9.52 Å². The van der Waals surface area contributed by atoms with E-state index < -0.39 is 32.7 Å². The van der Waals surface area contributed by atoms with Crippen molar-refractivity contribution in [3.63, 3.8) is 0 Å². The van der Waals surface area contributed by atoms with Crippen LogP contribution >= 0.6 is 23.2 Å². The number of rotatable bonds is 5. The summed E-state index contributed by atoms with van der Waals surface area (Å²) in [6.45, 7) is 3.60. The smallest absolute Gasteiger partial charge is 0.322 e. The van der Waals surface area contributed by atoms with E-state index in [1.807, 2.05) is 6.92 Å². The summed E-state index contributed by atoms with van der Waals surface area (Å²) in [6, 6.07) is 11.5. The summed E-state index contributed by atoms with van der Waals surface area (Å²) in [6.07, 6.45) is -4.71. The molecule has 3 rings (SSSR count). The van der Waals surface area contributed by atoms with Crippen LogP contribution in [0.25, 0.3) is 0 Å². The molecule has 33 heavy (non-hydrogen) atoms. The first-order valence-corrected chi connectivity index (χ1v) is 11.6. The third-order valence-electron chi connectivity index (χ3n) is 4.64. The molecule has 0 aromatic heterocycles. The predicted octanol–water partition coefficient (Wildman–Crippen LogP) is 6.68. The minimum absolute atomic E-state index is 0.121. The Balaban J connectivity index is 1.90. The first kappa shape index (κ1) is 24.9. The van der Waals surface area contributed by atoms with Crippen LogP contribution in [0.15, 0.2) is 59.5 Å². The molecule has 0 unspecified atom stereocenters. The number of hydrogen-bond donors (Lipinski definition) is 2. The van der Waals surface area contributed by atoms with Crippen LogP contribution in [0.3, 0.4) is 0 Å². The van der Waals surface area contributed by atoms with Crippen LogP contribution in [0.2, 0.25) is 10.0 Å². The topological polar surface area (TPSA) is 75.3 Å². The molecular formula is C22H17Cl2F3N2O3S. The molecule has 0 bridgehead atoms. The number of hydrogen-bond acceptors (Lipinski definition) is 3. The van der Waals surface area contributed by atoms with Gasteiger partial charge in [-0.05, 0) is 61.9 Å². The minimum Gasteiger partial charge on any atom is -0.322 e. The first-order valence-electron chi connectivity index (χ1n) is 9.35. The number of benzene rings is 3. The number of alkyl halides is 3. The molecule has 3 aromatic rings. The Labute approximate surface area is 198 Å². The van der Waals surface area contributed by atoms with Crippen LogP contribution in [0.1, 0.15) is 27.0 Å². The lowest BCUT2D eigenvalue weighted by atomic mass is 10.1. The second-order valence-corrected chi connectivity index (χ2v) is 9.68. The number of carbonyl (C=O) groups excluding carboxylic acids is 1. The molecule has 0 fully saturated rings. The zero-order chi connectivity index (χ0) is 24.6. The van der Waals surface area contributed by atoms with Gasteiger partial charge in [-0.15, -0.1) is 0 Å². The van der Waals surface area contributed by atoms with Crippen LogP contribution in [-0.4, -0.2) is 14.3 Å². The van der Waals surface area contributed by atoms with Crippen LogP contribution in [0.4, 0.5) is 24.5 Å². The highest BCUT2D eigenvalue weighted by Gasteiger charge is 2.33. The minimum atomic E-state index is -4.71. The standard InChI is InChI=1S/C22H17Cl2F3N2O3S/c1-12-3-8-19(13(2)9-12)29-33(31,32)20-10-14(4-6-18(20)24)21(30)28-15-5-7-17(23)16(11-15)22(25,26)27/h3-11,29H,1-2H3,(H,28,30). The van der Waals surface area contributed by atoms with Crippen molar-refractivity contribution < 1.29 is 26.4 Å². The summed E-state index contributed by atoms with van der Waals surface area (Å²) in [5.74, 6) is -0.829. The number of carbonyl (C=O) groups is 1. The lowest BCUT2D eigenvalue weighted by Crippen LogP contribution is -2.17. The zero-order valence-corrected chi connectivity index (χ0v) is 19.5. The molecule has 0 radical (unpaired) electrons. The van der Waals surface area contributed by atoms with Gasteiger partial charge < -0.3 is 5.32 Å². The van der Waals surface area contributed by atoms with Gasteiger partial charge in [0.25, 0.3) is 15.9 Å². The lowest BCUT2D eigenvalue weighted by Gasteiger charge is -2.14. The normalized spacial score (nSPS) is 11.8. The van der Waals surface area contributed by atoms with Crippen molar-refractivity contribution in [2.24, 2.45) is 0 Å². The Morgan fingerprint density at radius 1 is 0.909 bits per heavy atom. The summed E-state index contributed by atoms with van der Waals surface area (Å²) in [5.41, 5.74) is 0.578. The van der Waals surface area contributed by atoms with Gasteiger partial charge in [0.05, 0.1) is 21.3 Å². The fourth-order valence-electron chi connectivity index (χ4n) is 3.00. The molecule has 2 N–H and O–H groups in total. The summed E-state index contributed by atoms with van der Waals surface area (Å²) in [7, 11) is -4.17. The molecule has 174 valence electrons. The van der Waals surface area contributed by atoms with E-state index in [1.165, 1.54) is 18.2 Å². The fraction of sp³-hybridized carbons (Fsp3) is 0.136. The van der Waals surface area contributed by atoms with Gasteiger partial charge in [-0.2, -0.15) is 13.2 Å². The Bertz CT molecular complexity index is 1340. The second-order valence-electron chi connectivity index (χ2n) is 7.22. The van der Waals surface area contributed by atoms with Crippen molar-refractivity contribution in [3.05, 3.63) is 86.9 Å². The van der Waals surface area contributed by atoms with Gasteiger partial charge in [0.1, 0.15) is 4.90 Å². The lowest BCUT2D eigenvalue weighted by molar-refractivity contribution is -0.137. The largest absolute Gasteiger partial charge is 0.417 e. The van der Waals surface area contributed by atoms with E-state index in [1.54, 1.807) is 25.1 Å². The highest BCUT2D eigenvalue weighted by atomic mass is 35.5. The summed E-state index contributed by atoms with van der Waals surface area (Å²) >= 11 is 11.7. The number of nitrogens with one attached hydrogen (secondary N) is 2. The van der Waals surface area contributed by atoms with Gasteiger partial charge in [0, 0.05) is 11.3 Å². The zero-order valence-electron chi connectivity index (χ0n) is 17.2. The predicted molar refractivity (Wildman–Crippen MR) is 123 cm³/mol. The molecule has 0 aliphatic carbocycles. The molecule has 0 saturated heterocycles. The quantitative estimate of drug-likeness (QED) is 0.397. The molecule has 3 aromatic carbocycles. The first-order chi connectivity index (χ1) is 15.3. The van der Waals surface area contributed by atoms with Gasteiger partial charge in [-0.25, -0.2) is 8.42 Å². The van der Waals surface area contributed by atoms with Crippen LogP contribution in [-0.2, 0) is 16.2 Å². The third-order valence-corrected chi connectivity index (χ3v) is 6.82. The van der Waals surface area contributed by atoms with E-state index >= 15 is 0 Å². The van der Waals surface area contributed by atoms with Gasteiger partial charge in [-0.1, -0.05) is 40.9 Å². The van der Waals surface area contributed by atoms with Gasteiger partial charge in [0.2, 0.25) is 0 Å². The van der Waals surface area contributed by atoms with E-state index in [-0.39, 0.29) is 21.2 Å². The maximum atomic E-state index is 13.1. The molecule has 0 spiro atoms. The monoisotopic (exact) mass is 516 g/mol. The second kappa shape index (κ2) is 9.24. The summed E-state index contributed by atoms with van der Waals surface area (Å²) < 4.78 is 67.5. The number of sulfonamides is 1. The fourth-order valence-corrected chi connectivity index (χ4v) is 4.88. The Kier molecular flexibility index (Phi) is 6.97. The van der Waals surface area contributed by atoms with Crippen molar-refractivity contribution in [2.75, 3.05) is 10.0 Å². The number of anilines is 2. The Hall–Kier alpha value is -2.75. The summed E-state index contributed by atoms with van der Waals surface area (Å²) in [5, 5.41) is 1.66. The van der Waals surface area contributed by atoms with Crippen LogP contribution in [0, 0.1) is 13.8 Å². The maximum absolute atomic E-state index is 13.1. The maximum Gasteiger partial charge on any atom is 0.417 e. The van der Waals surface area contributed by atoms with Crippen LogP contribution in [0.5, 0.6) is 0 Å². The molecule has 11 heteroatoms. The molecule has 0 heterocycles. The average Bonchev–Trinajstić information content (AvgIpc) is 2.70. The molecule has 5 nitrogen and oxygen atoms in total. The van der Waals surface area contributed by atoms with E-state index in [2.05, 4.69) is 10.0 Å². The SMILES string of the molecule is Cc1ccc(NS(=O)(=O)c2cc(C(=O)Nc3ccc(Cl)c(C(F)(F)F)c3)ccc2Cl)c(C)c1. The van der Waals surface area contributed by atoms with E-state index in [9.17, 15) is 26.4 Å². The number of halogens is 5. The average molecular weight is 517 g/mol. The summed E-state index contributed by atoms with van der Waals surface area (Å²) in [4.78, 5) is 12.3. The van der Waals surface area contributed by atoms with Gasteiger partial charge >= 0.3 is 6.18 Å². The van der Waals surface area contributed by atoms with Crippen molar-refractivity contribution in [2.45, 2.75) is 24.9 Å². The van der Waals surface area contributed by atoms with Crippen LogP contribution < -0.4 is 10.0 Å². The molecule has 0 aliphatic heterocycles. The van der Waals surface area contributed by atoms with Crippen molar-refractivity contribution in [3.8, 4) is 0 Å². The number of amides is 1. The van der Waals surface area contributed by atoms with E-state index in [0.29, 0.717) is 17.3 Å². The van der Waals surface area contributed by atoms with E-state index in [0.717, 1.165) is 17.7 Å². The highest BCUT2D eigenvalue weighted by molar-refractivity contribution is 7.92. The Morgan fingerprint density at radius 2 is 1.58 bits per heavy atom. The van der Waals surface area contributed by atoms with Crippen molar-refractivity contribution in [1.82, 2.24) is 0 Å². The van der Waals surface area contributed by atoms with Crippen molar-refractivity contribution >= 4 is 50.5 Å². The molecule has 0 atom stereocenters. The van der Waals surface area contributed by atoms with E-state index in [4.69, 9.17) is 23.2 Å². The van der Waals surface area contributed by atoms with Gasteiger partial charge in [0.15, 0.2) is 0 Å². The highest BCUT2D eigenvalue weighted by Crippen LogP contribution is 2.36. The molecule has 0 saturated carbocycles. The molecule has 1 amide bonds. The molecule has 0 aliphatic rings. The molecular weight excluding hydrogens is 500 g/mol. The third kappa shape index (κ3) is 5.79. The van der Waals surface area contributed by atoms with Crippen molar-refractivity contribution in [1.29, 1.82) is 0 Å². The Morgan fingerprint density at radius 3 is 2.21 bits per heavy atom. The number of aryl methyl sites for hydroxylation is 2.